The average Bonchev–Trinajstić information content (AvgIpc) is 2.59. The Bertz CT molecular complexity index is 850. The van der Waals surface area contributed by atoms with E-state index in [9.17, 15) is 31.2 Å². The molecule has 1 N–H and O–H groups in total. The number of rotatable bonds is 5. The van der Waals surface area contributed by atoms with Gasteiger partial charge in [-0.05, 0) is 5.56 Å². The van der Waals surface area contributed by atoms with E-state index in [1.807, 2.05) is 0 Å². The molecule has 12 heteroatoms. The van der Waals surface area contributed by atoms with Crippen molar-refractivity contribution in [3.05, 3.63) is 47.2 Å². The lowest BCUT2D eigenvalue weighted by Gasteiger charge is -2.28. The smallest absolute Gasteiger partial charge is 0.478 e. The lowest BCUT2D eigenvalue weighted by atomic mass is 10.1. The minimum absolute atomic E-state index is 0.0892. The minimum Gasteiger partial charge on any atom is -0.478 e. The molecule has 0 radical (unpaired) electrons. The van der Waals surface area contributed by atoms with Gasteiger partial charge in [-0.2, -0.15) is 21.6 Å². The highest BCUT2D eigenvalue weighted by molar-refractivity contribution is 7.87. The molecule has 8 nitrogen and oxygen atoms in total. The molecule has 0 unspecified atom stereocenters. The van der Waals surface area contributed by atoms with E-state index >= 15 is 0 Å². The topological polar surface area (TPSA) is 110 Å². The van der Waals surface area contributed by atoms with E-state index in [0.29, 0.717) is 5.56 Å². The number of carbonyl (C=O) groups excluding carboxylic acids is 1. The predicted molar refractivity (Wildman–Crippen MR) is 83.5 cm³/mol. The number of halogens is 3. The van der Waals surface area contributed by atoms with Gasteiger partial charge in [0.2, 0.25) is 0 Å². The fourth-order valence-electron chi connectivity index (χ4n) is 2.17. The molecule has 0 aliphatic carbocycles. The molecule has 27 heavy (non-hydrogen) atoms. The van der Waals surface area contributed by atoms with E-state index in [2.05, 4.69) is 4.18 Å². The zero-order valence-corrected chi connectivity index (χ0v) is 14.4. The summed E-state index contributed by atoms with van der Waals surface area (Å²) in [5.41, 5.74) is -5.79. The molecule has 0 spiro atoms. The molecule has 0 atom stereocenters. The molecule has 0 saturated heterocycles. The van der Waals surface area contributed by atoms with Gasteiger partial charge in [0.1, 0.15) is 12.4 Å². The van der Waals surface area contributed by atoms with Gasteiger partial charge in [0.15, 0.2) is 0 Å². The highest BCUT2D eigenvalue weighted by Gasteiger charge is 2.49. The van der Waals surface area contributed by atoms with Crippen molar-refractivity contribution in [1.29, 1.82) is 0 Å². The second kappa shape index (κ2) is 7.86. The van der Waals surface area contributed by atoms with E-state index < -0.39 is 52.0 Å². The van der Waals surface area contributed by atoms with Crippen LogP contribution in [0.2, 0.25) is 0 Å². The van der Waals surface area contributed by atoms with E-state index in [-0.39, 0.29) is 13.2 Å². The summed E-state index contributed by atoms with van der Waals surface area (Å²) in [7, 11) is -6.00. The summed E-state index contributed by atoms with van der Waals surface area (Å²) in [6.45, 7) is -1.02. The van der Waals surface area contributed by atoms with Gasteiger partial charge in [0.25, 0.3) is 0 Å². The summed E-state index contributed by atoms with van der Waals surface area (Å²) >= 11 is 0. The highest BCUT2D eigenvalue weighted by atomic mass is 32.2. The molecule has 148 valence electrons. The van der Waals surface area contributed by atoms with Gasteiger partial charge in [0, 0.05) is 13.0 Å². The third kappa shape index (κ3) is 5.12. The van der Waals surface area contributed by atoms with Crippen LogP contribution in [0.5, 0.6) is 0 Å². The monoisotopic (exact) mass is 409 g/mol. The number of ether oxygens (including phenoxy) is 1. The fraction of sp³-hybridized carbons (Fsp3) is 0.333. The Morgan fingerprint density at radius 2 is 1.81 bits per heavy atom. The second-order valence-corrected chi connectivity index (χ2v) is 6.94. The van der Waals surface area contributed by atoms with Gasteiger partial charge in [-0.1, -0.05) is 30.3 Å². The number of nitrogens with zero attached hydrogens (tertiary/aromatic N) is 1. The van der Waals surface area contributed by atoms with Crippen LogP contribution in [-0.2, 0) is 30.4 Å². The fourth-order valence-corrected chi connectivity index (χ4v) is 2.71. The highest BCUT2D eigenvalue weighted by Crippen LogP contribution is 2.30. The van der Waals surface area contributed by atoms with Crippen molar-refractivity contribution in [1.82, 2.24) is 4.90 Å². The van der Waals surface area contributed by atoms with Gasteiger partial charge < -0.3 is 18.9 Å². The van der Waals surface area contributed by atoms with E-state index in [4.69, 9.17) is 9.84 Å². The number of amides is 1. The minimum atomic E-state index is -6.00. The third-order valence-corrected chi connectivity index (χ3v) is 4.50. The van der Waals surface area contributed by atoms with Crippen molar-refractivity contribution in [2.75, 3.05) is 13.1 Å². The maximum Gasteiger partial charge on any atom is 0.534 e. The van der Waals surface area contributed by atoms with Crippen LogP contribution < -0.4 is 0 Å². The van der Waals surface area contributed by atoms with Crippen LogP contribution in [0.1, 0.15) is 12.0 Å². The zero-order valence-electron chi connectivity index (χ0n) is 13.6. The third-order valence-electron chi connectivity index (χ3n) is 3.51. The molecule has 0 bridgehead atoms. The number of carboxylic acid groups (broad SMARTS) is 1. The molecule has 1 aromatic carbocycles. The molecule has 1 aromatic rings. The van der Waals surface area contributed by atoms with Crippen LogP contribution in [0.25, 0.3) is 0 Å². The SMILES string of the molecule is O=C(O)C1=C(OS(=O)(=O)C(F)(F)F)CCN(C(=O)OCc2ccccc2)C1. The first-order valence-corrected chi connectivity index (χ1v) is 8.84. The first-order chi connectivity index (χ1) is 12.5. The van der Waals surface area contributed by atoms with Crippen LogP contribution in [-0.4, -0.2) is 49.1 Å². The van der Waals surface area contributed by atoms with Crippen LogP contribution in [0, 0.1) is 0 Å². The van der Waals surface area contributed by atoms with Crippen molar-refractivity contribution < 1.29 is 45.2 Å². The molecule has 0 saturated carbocycles. The molecule has 1 aliphatic rings. The standard InChI is InChI=1S/C15H14F3NO7S/c16-15(17,18)27(23,24)26-12-6-7-19(8-11(12)13(20)21)14(22)25-9-10-4-2-1-3-5-10/h1-5H,6-9H2,(H,20,21). The largest absolute Gasteiger partial charge is 0.534 e. The Morgan fingerprint density at radius 3 is 2.37 bits per heavy atom. The van der Waals surface area contributed by atoms with Crippen LogP contribution in [0.15, 0.2) is 41.7 Å². The van der Waals surface area contributed by atoms with Gasteiger partial charge in [-0.3, -0.25) is 0 Å². The van der Waals surface area contributed by atoms with Crippen molar-refractivity contribution >= 4 is 22.2 Å². The summed E-state index contributed by atoms with van der Waals surface area (Å²) in [6, 6.07) is 8.59. The van der Waals surface area contributed by atoms with Gasteiger partial charge in [-0.15, -0.1) is 0 Å². The second-order valence-electron chi connectivity index (χ2n) is 5.40. The molecule has 1 aliphatic heterocycles. The molecule has 1 heterocycles. The van der Waals surface area contributed by atoms with Crippen LogP contribution in [0.3, 0.4) is 0 Å². The van der Waals surface area contributed by atoms with E-state index in [1.165, 1.54) is 0 Å². The summed E-state index contributed by atoms with van der Waals surface area (Å²) < 4.78 is 68.4. The summed E-state index contributed by atoms with van der Waals surface area (Å²) in [6.07, 6.45) is -1.42. The Hall–Kier alpha value is -2.76. The van der Waals surface area contributed by atoms with Crippen molar-refractivity contribution in [3.63, 3.8) is 0 Å². The molecular weight excluding hydrogens is 395 g/mol. The van der Waals surface area contributed by atoms with E-state index in [1.54, 1.807) is 30.3 Å². The first-order valence-electron chi connectivity index (χ1n) is 7.43. The first kappa shape index (κ1) is 20.6. The number of hydrogen-bond acceptors (Lipinski definition) is 6. The summed E-state index contributed by atoms with van der Waals surface area (Å²) in [5.74, 6) is -2.57. The van der Waals surface area contributed by atoms with Gasteiger partial charge in [-0.25, -0.2) is 9.59 Å². The van der Waals surface area contributed by atoms with Crippen molar-refractivity contribution in [2.24, 2.45) is 0 Å². The number of benzene rings is 1. The number of carbonyl (C=O) groups is 2. The Labute approximate surface area is 151 Å². The number of alkyl halides is 3. The summed E-state index contributed by atoms with van der Waals surface area (Å²) in [4.78, 5) is 24.2. The predicted octanol–water partition coefficient (Wildman–Crippen LogP) is 2.23. The Balaban J connectivity index is 2.10. The molecule has 0 fully saturated rings. The quantitative estimate of drug-likeness (QED) is 0.587. The normalized spacial score (nSPS) is 15.4. The van der Waals surface area contributed by atoms with Crippen molar-refractivity contribution in [2.45, 2.75) is 18.5 Å². The van der Waals surface area contributed by atoms with Gasteiger partial charge in [0.05, 0.1) is 12.1 Å². The van der Waals surface area contributed by atoms with Crippen LogP contribution >= 0.6 is 0 Å². The molecule has 2 rings (SSSR count). The molecule has 0 aromatic heterocycles. The Kier molecular flexibility index (Phi) is 5.98. The number of carboxylic acids is 1. The van der Waals surface area contributed by atoms with Crippen molar-refractivity contribution in [3.8, 4) is 0 Å². The Morgan fingerprint density at radius 1 is 1.19 bits per heavy atom. The lowest BCUT2D eigenvalue weighted by Crippen LogP contribution is -2.40. The molecule has 1 amide bonds. The lowest BCUT2D eigenvalue weighted by molar-refractivity contribution is -0.133. The maximum atomic E-state index is 12.4. The number of hydrogen-bond donors (Lipinski definition) is 1. The average molecular weight is 409 g/mol. The van der Waals surface area contributed by atoms with Gasteiger partial charge >= 0.3 is 27.7 Å². The van der Waals surface area contributed by atoms with E-state index in [0.717, 1.165) is 4.90 Å². The summed E-state index contributed by atoms with van der Waals surface area (Å²) in [5, 5.41) is 9.12. The van der Waals surface area contributed by atoms with Crippen LogP contribution in [0.4, 0.5) is 18.0 Å². The maximum absolute atomic E-state index is 12.4. The molecular formula is C15H14F3NO7S. The number of aliphatic carboxylic acids is 1. The zero-order chi connectivity index (χ0) is 20.2.